The fourth-order valence-electron chi connectivity index (χ4n) is 1.55. The fraction of sp³-hybridized carbons (Fsp3) is 0.273. The lowest BCUT2D eigenvalue weighted by atomic mass is 10.3. The molecular weight excluding hydrogens is 252 g/mol. The molecule has 3 N–H and O–H groups in total. The van der Waals surface area contributed by atoms with E-state index in [1.54, 1.807) is 17.7 Å². The van der Waals surface area contributed by atoms with Gasteiger partial charge in [-0.3, -0.25) is 4.57 Å². The molecule has 1 aromatic heterocycles. The van der Waals surface area contributed by atoms with Gasteiger partial charge in [0, 0.05) is 11.4 Å². The van der Waals surface area contributed by atoms with E-state index in [-0.39, 0.29) is 5.69 Å². The Labute approximate surface area is 108 Å². The standard InChI is InChI=1S/C11H14N4O2S/c1-3-15-10(16)13-14-11(15)18-8-6-4-5-7(17-2)9(8)12/h4-6H,3,12H2,1-2H3,(H,13,16). The lowest BCUT2D eigenvalue weighted by Crippen LogP contribution is -2.16. The third-order valence-corrected chi connectivity index (χ3v) is 3.56. The van der Waals surface area contributed by atoms with Crippen molar-refractivity contribution in [2.75, 3.05) is 12.8 Å². The highest BCUT2D eigenvalue weighted by molar-refractivity contribution is 7.99. The summed E-state index contributed by atoms with van der Waals surface area (Å²) in [4.78, 5) is 12.3. The smallest absolute Gasteiger partial charge is 0.343 e. The molecule has 0 amide bonds. The molecule has 0 unspecified atom stereocenters. The number of aromatic nitrogens is 3. The third-order valence-electron chi connectivity index (χ3n) is 2.49. The highest BCUT2D eigenvalue weighted by Gasteiger charge is 2.12. The zero-order chi connectivity index (χ0) is 13.1. The normalized spacial score (nSPS) is 10.6. The van der Waals surface area contributed by atoms with Crippen molar-refractivity contribution in [2.24, 2.45) is 0 Å². The lowest BCUT2D eigenvalue weighted by molar-refractivity contribution is 0.416. The van der Waals surface area contributed by atoms with Gasteiger partial charge in [0.1, 0.15) is 5.75 Å². The van der Waals surface area contributed by atoms with Crippen LogP contribution in [-0.2, 0) is 6.54 Å². The van der Waals surface area contributed by atoms with Gasteiger partial charge in [0.2, 0.25) is 0 Å². The molecule has 0 radical (unpaired) electrons. The quantitative estimate of drug-likeness (QED) is 0.815. The average molecular weight is 266 g/mol. The van der Waals surface area contributed by atoms with Gasteiger partial charge >= 0.3 is 5.69 Å². The van der Waals surface area contributed by atoms with E-state index in [4.69, 9.17) is 10.5 Å². The van der Waals surface area contributed by atoms with Crippen LogP contribution < -0.4 is 16.2 Å². The molecule has 6 nitrogen and oxygen atoms in total. The van der Waals surface area contributed by atoms with Crippen LogP contribution in [0.3, 0.4) is 0 Å². The van der Waals surface area contributed by atoms with Crippen molar-refractivity contribution in [1.29, 1.82) is 0 Å². The van der Waals surface area contributed by atoms with Crippen molar-refractivity contribution in [1.82, 2.24) is 14.8 Å². The number of nitrogens with two attached hydrogens (primary N) is 1. The average Bonchev–Trinajstić information content (AvgIpc) is 2.72. The van der Waals surface area contributed by atoms with Crippen molar-refractivity contribution in [3.8, 4) is 5.75 Å². The van der Waals surface area contributed by atoms with Crippen LogP contribution in [0.15, 0.2) is 33.0 Å². The fourth-order valence-corrected chi connectivity index (χ4v) is 2.52. The number of aromatic amines is 1. The summed E-state index contributed by atoms with van der Waals surface area (Å²) in [5, 5.41) is 6.98. The van der Waals surface area contributed by atoms with E-state index >= 15 is 0 Å². The van der Waals surface area contributed by atoms with E-state index in [0.717, 1.165) is 4.90 Å². The molecule has 96 valence electrons. The van der Waals surface area contributed by atoms with Crippen LogP contribution in [0, 0.1) is 0 Å². The van der Waals surface area contributed by atoms with E-state index < -0.39 is 0 Å². The summed E-state index contributed by atoms with van der Waals surface area (Å²) in [6.45, 7) is 2.44. The van der Waals surface area contributed by atoms with Gasteiger partial charge in [-0.1, -0.05) is 6.07 Å². The maximum Gasteiger partial charge on any atom is 0.343 e. The number of hydrogen-bond donors (Lipinski definition) is 2. The number of benzene rings is 1. The number of ether oxygens (including phenoxy) is 1. The molecule has 0 bridgehead atoms. The Morgan fingerprint density at radius 2 is 2.33 bits per heavy atom. The molecule has 2 aromatic rings. The van der Waals surface area contributed by atoms with E-state index in [1.807, 2.05) is 19.1 Å². The van der Waals surface area contributed by atoms with Crippen LogP contribution in [0.25, 0.3) is 0 Å². The SMILES string of the molecule is CCn1c(Sc2cccc(OC)c2N)n[nH]c1=O. The van der Waals surface area contributed by atoms with Gasteiger partial charge < -0.3 is 10.5 Å². The second kappa shape index (κ2) is 5.18. The number of methoxy groups -OCH3 is 1. The van der Waals surface area contributed by atoms with Gasteiger partial charge in [0.05, 0.1) is 12.8 Å². The molecule has 1 heterocycles. The summed E-state index contributed by atoms with van der Waals surface area (Å²) in [6, 6.07) is 5.50. The van der Waals surface area contributed by atoms with Gasteiger partial charge in [-0.25, -0.2) is 9.89 Å². The predicted octanol–water partition coefficient (Wildman–Crippen LogP) is 1.33. The minimum Gasteiger partial charge on any atom is -0.495 e. The summed E-state index contributed by atoms with van der Waals surface area (Å²) in [7, 11) is 1.57. The maximum absolute atomic E-state index is 11.4. The highest BCUT2D eigenvalue weighted by atomic mass is 32.2. The number of nitrogens with one attached hydrogen (secondary N) is 1. The van der Waals surface area contributed by atoms with Gasteiger partial charge in [0.15, 0.2) is 5.16 Å². The largest absolute Gasteiger partial charge is 0.495 e. The molecule has 1 aromatic carbocycles. The van der Waals surface area contributed by atoms with Crippen molar-refractivity contribution in [3.05, 3.63) is 28.7 Å². The predicted molar refractivity (Wildman–Crippen MR) is 70.1 cm³/mol. The first-order valence-corrected chi connectivity index (χ1v) is 6.24. The molecular formula is C11H14N4O2S. The second-order valence-electron chi connectivity index (χ2n) is 3.53. The van der Waals surface area contributed by atoms with E-state index in [0.29, 0.717) is 23.1 Å². The van der Waals surface area contributed by atoms with E-state index in [2.05, 4.69) is 10.2 Å². The molecule has 18 heavy (non-hydrogen) atoms. The number of para-hydroxylation sites is 1. The second-order valence-corrected chi connectivity index (χ2v) is 4.54. The van der Waals surface area contributed by atoms with Gasteiger partial charge in [-0.2, -0.15) is 0 Å². The van der Waals surface area contributed by atoms with Crippen LogP contribution in [0.4, 0.5) is 5.69 Å². The van der Waals surface area contributed by atoms with Crippen molar-refractivity contribution in [2.45, 2.75) is 23.5 Å². The Morgan fingerprint density at radius 3 is 3.00 bits per heavy atom. The monoisotopic (exact) mass is 266 g/mol. The number of anilines is 1. The topological polar surface area (TPSA) is 85.9 Å². The zero-order valence-corrected chi connectivity index (χ0v) is 11.0. The lowest BCUT2D eigenvalue weighted by Gasteiger charge is -2.09. The van der Waals surface area contributed by atoms with Crippen LogP contribution in [-0.4, -0.2) is 21.9 Å². The first kappa shape index (κ1) is 12.6. The molecule has 0 aliphatic heterocycles. The van der Waals surface area contributed by atoms with Gasteiger partial charge in [0.25, 0.3) is 0 Å². The molecule has 0 spiro atoms. The van der Waals surface area contributed by atoms with Crippen LogP contribution in [0.2, 0.25) is 0 Å². The summed E-state index contributed by atoms with van der Waals surface area (Å²) in [5.41, 5.74) is 6.29. The molecule has 0 saturated heterocycles. The molecule has 0 aliphatic carbocycles. The van der Waals surface area contributed by atoms with Crippen molar-refractivity contribution in [3.63, 3.8) is 0 Å². The molecule has 0 fully saturated rings. The highest BCUT2D eigenvalue weighted by Crippen LogP contribution is 2.35. The van der Waals surface area contributed by atoms with Crippen molar-refractivity contribution < 1.29 is 4.74 Å². The zero-order valence-electron chi connectivity index (χ0n) is 10.1. The molecule has 2 rings (SSSR count). The van der Waals surface area contributed by atoms with E-state index in [1.165, 1.54) is 11.8 Å². The third kappa shape index (κ3) is 2.21. The number of hydrogen-bond acceptors (Lipinski definition) is 5. The maximum atomic E-state index is 11.4. The van der Waals surface area contributed by atoms with Crippen LogP contribution in [0.5, 0.6) is 5.75 Å². The number of H-pyrrole nitrogens is 1. The molecule has 0 atom stereocenters. The van der Waals surface area contributed by atoms with Gasteiger partial charge in [-0.15, -0.1) is 5.10 Å². The minimum absolute atomic E-state index is 0.221. The van der Waals surface area contributed by atoms with E-state index in [9.17, 15) is 4.79 Å². The van der Waals surface area contributed by atoms with Crippen LogP contribution >= 0.6 is 11.8 Å². The number of nitrogens with zero attached hydrogens (tertiary/aromatic N) is 2. The summed E-state index contributed by atoms with van der Waals surface area (Å²) >= 11 is 1.33. The number of nitrogen functional groups attached to an aromatic ring is 1. The first-order valence-electron chi connectivity index (χ1n) is 5.43. The summed E-state index contributed by atoms with van der Waals surface area (Å²) < 4.78 is 6.70. The van der Waals surface area contributed by atoms with Gasteiger partial charge in [-0.05, 0) is 30.8 Å². The Morgan fingerprint density at radius 1 is 1.56 bits per heavy atom. The first-order chi connectivity index (χ1) is 8.67. The minimum atomic E-state index is -0.221. The van der Waals surface area contributed by atoms with Crippen molar-refractivity contribution >= 4 is 17.4 Å². The molecule has 0 aliphatic rings. The molecule has 0 saturated carbocycles. The Kier molecular flexibility index (Phi) is 3.61. The Bertz CT molecular complexity index is 605. The summed E-state index contributed by atoms with van der Waals surface area (Å²) in [5.74, 6) is 0.612. The van der Waals surface area contributed by atoms with Crippen LogP contribution in [0.1, 0.15) is 6.92 Å². The Balaban J connectivity index is 2.37. The number of rotatable bonds is 4. The summed E-state index contributed by atoms with van der Waals surface area (Å²) in [6.07, 6.45) is 0. The molecule has 7 heteroatoms. The Hall–Kier alpha value is -1.89.